The van der Waals surface area contributed by atoms with E-state index in [1.54, 1.807) is 0 Å². The molecule has 22 heavy (non-hydrogen) atoms. The number of hydrogen-bond donors (Lipinski definition) is 1. The van der Waals surface area contributed by atoms with Gasteiger partial charge in [0.1, 0.15) is 0 Å². The maximum atomic E-state index is 5.93. The minimum atomic E-state index is 0.484. The van der Waals surface area contributed by atoms with E-state index in [2.05, 4.69) is 57.2 Å². The second-order valence-corrected chi connectivity index (χ2v) is 6.43. The number of benzene rings is 2. The minimum Gasteiger partial charge on any atom is -0.399 e. The summed E-state index contributed by atoms with van der Waals surface area (Å²) in [5, 5.41) is 0. The quantitative estimate of drug-likeness (QED) is 0.493. The summed E-state index contributed by atoms with van der Waals surface area (Å²) in [6.07, 6.45) is 6.45. The molecule has 0 saturated carbocycles. The maximum Gasteiger partial charge on any atom is 0.0316 e. The second kappa shape index (κ2) is 8.03. The Morgan fingerprint density at radius 3 is 2.27 bits per heavy atom. The highest BCUT2D eigenvalue weighted by Gasteiger charge is 2.16. The Morgan fingerprint density at radius 2 is 1.64 bits per heavy atom. The average Bonchev–Trinajstić information content (AvgIpc) is 2.50. The highest BCUT2D eigenvalue weighted by atomic mass is 14.5. The van der Waals surface area contributed by atoms with Crippen LogP contribution in [0.25, 0.3) is 0 Å². The second-order valence-electron chi connectivity index (χ2n) is 6.43. The summed E-state index contributed by atoms with van der Waals surface area (Å²) in [6.45, 7) is 6.59. The lowest BCUT2D eigenvalue weighted by Crippen LogP contribution is -2.04. The van der Waals surface area contributed by atoms with Gasteiger partial charge >= 0.3 is 0 Å². The molecule has 0 aliphatic heterocycles. The van der Waals surface area contributed by atoms with E-state index >= 15 is 0 Å². The molecule has 2 aromatic rings. The van der Waals surface area contributed by atoms with Crippen LogP contribution in [0.4, 0.5) is 5.69 Å². The Labute approximate surface area is 135 Å². The SMILES string of the molecule is CCCCCCC(c1ccc(C)cc1)c1ccc(N)cc1C. The highest BCUT2D eigenvalue weighted by molar-refractivity contribution is 5.47. The first-order valence-electron chi connectivity index (χ1n) is 8.54. The molecule has 1 atom stereocenters. The standard InChI is InChI=1S/C21H29N/c1-4-5-6-7-8-21(18-11-9-16(2)10-12-18)20-14-13-19(22)15-17(20)3/h9-15,21H,4-8,22H2,1-3H3. The van der Waals surface area contributed by atoms with Crippen LogP contribution in [-0.2, 0) is 0 Å². The number of nitrogens with two attached hydrogens (primary N) is 1. The molecule has 2 rings (SSSR count). The number of unbranched alkanes of at least 4 members (excludes halogenated alkanes) is 3. The van der Waals surface area contributed by atoms with Gasteiger partial charge in [0.05, 0.1) is 0 Å². The van der Waals surface area contributed by atoms with Crippen molar-refractivity contribution in [2.75, 3.05) is 5.73 Å². The largest absolute Gasteiger partial charge is 0.399 e. The summed E-state index contributed by atoms with van der Waals surface area (Å²) in [4.78, 5) is 0. The van der Waals surface area contributed by atoms with Crippen LogP contribution >= 0.6 is 0 Å². The summed E-state index contributed by atoms with van der Waals surface area (Å²) in [5.74, 6) is 0.484. The van der Waals surface area contributed by atoms with Crippen LogP contribution in [0.5, 0.6) is 0 Å². The van der Waals surface area contributed by atoms with Gasteiger partial charge in [0.15, 0.2) is 0 Å². The van der Waals surface area contributed by atoms with E-state index in [4.69, 9.17) is 5.73 Å². The van der Waals surface area contributed by atoms with Crippen molar-refractivity contribution in [3.63, 3.8) is 0 Å². The first kappa shape index (κ1) is 16.6. The number of rotatable bonds is 7. The molecule has 2 aromatic carbocycles. The molecular formula is C21H29N. The zero-order valence-electron chi connectivity index (χ0n) is 14.2. The van der Waals surface area contributed by atoms with Gasteiger partial charge in [-0.3, -0.25) is 0 Å². The molecular weight excluding hydrogens is 266 g/mol. The van der Waals surface area contributed by atoms with Gasteiger partial charge in [0.25, 0.3) is 0 Å². The number of anilines is 1. The van der Waals surface area contributed by atoms with Crippen LogP contribution in [0.15, 0.2) is 42.5 Å². The van der Waals surface area contributed by atoms with Gasteiger partial charge in [-0.05, 0) is 49.1 Å². The van der Waals surface area contributed by atoms with Crippen molar-refractivity contribution in [2.24, 2.45) is 0 Å². The summed E-state index contributed by atoms with van der Waals surface area (Å²) in [6, 6.07) is 15.4. The molecule has 0 bridgehead atoms. The van der Waals surface area contributed by atoms with Crippen molar-refractivity contribution in [1.82, 2.24) is 0 Å². The zero-order chi connectivity index (χ0) is 15.9. The van der Waals surface area contributed by atoms with Crippen molar-refractivity contribution in [2.45, 2.75) is 58.8 Å². The minimum absolute atomic E-state index is 0.484. The fourth-order valence-electron chi connectivity index (χ4n) is 3.17. The first-order valence-corrected chi connectivity index (χ1v) is 8.54. The van der Waals surface area contributed by atoms with Gasteiger partial charge in [0.2, 0.25) is 0 Å². The van der Waals surface area contributed by atoms with Crippen molar-refractivity contribution in [1.29, 1.82) is 0 Å². The van der Waals surface area contributed by atoms with Gasteiger partial charge in [-0.25, -0.2) is 0 Å². The molecule has 0 aliphatic rings. The third kappa shape index (κ3) is 4.37. The van der Waals surface area contributed by atoms with E-state index < -0.39 is 0 Å². The molecule has 0 radical (unpaired) electrons. The van der Waals surface area contributed by atoms with Crippen LogP contribution < -0.4 is 5.73 Å². The topological polar surface area (TPSA) is 26.0 Å². The lowest BCUT2D eigenvalue weighted by Gasteiger charge is -2.21. The Morgan fingerprint density at radius 1 is 0.909 bits per heavy atom. The smallest absolute Gasteiger partial charge is 0.0316 e. The van der Waals surface area contributed by atoms with Gasteiger partial charge in [-0.2, -0.15) is 0 Å². The molecule has 0 saturated heterocycles. The van der Waals surface area contributed by atoms with Crippen molar-refractivity contribution in [3.05, 3.63) is 64.7 Å². The summed E-state index contributed by atoms with van der Waals surface area (Å²) in [7, 11) is 0. The zero-order valence-corrected chi connectivity index (χ0v) is 14.2. The molecule has 1 nitrogen and oxygen atoms in total. The molecule has 0 amide bonds. The van der Waals surface area contributed by atoms with Gasteiger partial charge in [-0.1, -0.05) is 68.5 Å². The first-order chi connectivity index (χ1) is 10.6. The van der Waals surface area contributed by atoms with Crippen LogP contribution in [-0.4, -0.2) is 0 Å². The summed E-state index contributed by atoms with van der Waals surface area (Å²) < 4.78 is 0. The van der Waals surface area contributed by atoms with E-state index in [9.17, 15) is 0 Å². The fourth-order valence-corrected chi connectivity index (χ4v) is 3.17. The van der Waals surface area contributed by atoms with Gasteiger partial charge < -0.3 is 5.73 Å². The van der Waals surface area contributed by atoms with E-state index in [-0.39, 0.29) is 0 Å². The van der Waals surface area contributed by atoms with Crippen LogP contribution in [0.2, 0.25) is 0 Å². The van der Waals surface area contributed by atoms with Gasteiger partial charge in [-0.15, -0.1) is 0 Å². The summed E-state index contributed by atoms with van der Waals surface area (Å²) >= 11 is 0. The third-order valence-electron chi connectivity index (χ3n) is 4.50. The van der Waals surface area contributed by atoms with Crippen LogP contribution in [0.3, 0.4) is 0 Å². The van der Waals surface area contributed by atoms with Crippen LogP contribution in [0, 0.1) is 13.8 Å². The molecule has 0 aliphatic carbocycles. The lowest BCUT2D eigenvalue weighted by molar-refractivity contribution is 0.595. The molecule has 0 fully saturated rings. The third-order valence-corrected chi connectivity index (χ3v) is 4.50. The molecule has 1 unspecified atom stereocenters. The fraction of sp³-hybridized carbons (Fsp3) is 0.429. The predicted octanol–water partition coefficient (Wildman–Crippen LogP) is 5.99. The number of aryl methyl sites for hydroxylation is 2. The monoisotopic (exact) mass is 295 g/mol. The van der Waals surface area contributed by atoms with E-state index in [1.165, 1.54) is 54.4 Å². The molecule has 0 aromatic heterocycles. The maximum absolute atomic E-state index is 5.93. The number of hydrogen-bond acceptors (Lipinski definition) is 1. The highest BCUT2D eigenvalue weighted by Crippen LogP contribution is 2.33. The predicted molar refractivity (Wildman–Crippen MR) is 97.4 cm³/mol. The van der Waals surface area contributed by atoms with Crippen LogP contribution in [0.1, 0.15) is 67.2 Å². The Balaban J connectivity index is 2.26. The summed E-state index contributed by atoms with van der Waals surface area (Å²) in [5.41, 5.74) is 12.3. The van der Waals surface area contributed by atoms with Gasteiger partial charge in [0, 0.05) is 11.6 Å². The van der Waals surface area contributed by atoms with E-state index in [0.29, 0.717) is 5.92 Å². The molecule has 0 spiro atoms. The average molecular weight is 295 g/mol. The van der Waals surface area contributed by atoms with E-state index in [1.807, 2.05) is 6.07 Å². The van der Waals surface area contributed by atoms with E-state index in [0.717, 1.165) is 5.69 Å². The van der Waals surface area contributed by atoms with Crippen molar-refractivity contribution in [3.8, 4) is 0 Å². The van der Waals surface area contributed by atoms with Crippen molar-refractivity contribution >= 4 is 5.69 Å². The number of nitrogen functional groups attached to an aromatic ring is 1. The molecule has 1 heteroatoms. The Kier molecular flexibility index (Phi) is 6.06. The molecule has 0 heterocycles. The molecule has 2 N–H and O–H groups in total. The Bertz CT molecular complexity index is 583. The normalized spacial score (nSPS) is 12.3. The van der Waals surface area contributed by atoms with Crippen molar-refractivity contribution < 1.29 is 0 Å². The lowest BCUT2D eigenvalue weighted by atomic mass is 9.84. The Hall–Kier alpha value is -1.76. The molecule has 118 valence electrons.